The third kappa shape index (κ3) is 4.01. The summed E-state index contributed by atoms with van der Waals surface area (Å²) < 4.78 is 0. The van der Waals surface area contributed by atoms with Crippen molar-refractivity contribution >= 4 is 11.6 Å². The summed E-state index contributed by atoms with van der Waals surface area (Å²) in [6, 6.07) is 0. The SMILES string of the molecule is CN1CCCCNCCC2=CCC=C(Cl)N2CC1. The zero-order valence-electron chi connectivity index (χ0n) is 11.3. The molecule has 2 heterocycles. The molecule has 0 aromatic rings. The number of hydrogen-bond acceptors (Lipinski definition) is 3. The topological polar surface area (TPSA) is 18.5 Å². The monoisotopic (exact) mass is 269 g/mol. The fraction of sp³-hybridized carbons (Fsp3) is 0.714. The largest absolute Gasteiger partial charge is 0.335 e. The van der Waals surface area contributed by atoms with Gasteiger partial charge in [-0.05, 0) is 51.9 Å². The molecular weight excluding hydrogens is 246 g/mol. The minimum atomic E-state index is 0.901. The first-order chi connectivity index (χ1) is 8.77. The lowest BCUT2D eigenvalue weighted by atomic mass is 10.1. The maximum atomic E-state index is 6.34. The lowest BCUT2D eigenvalue weighted by Gasteiger charge is -2.31. The Morgan fingerprint density at radius 2 is 2.00 bits per heavy atom. The van der Waals surface area contributed by atoms with Gasteiger partial charge in [-0.2, -0.15) is 0 Å². The summed E-state index contributed by atoms with van der Waals surface area (Å²) >= 11 is 6.34. The van der Waals surface area contributed by atoms with Crippen LogP contribution in [0.2, 0.25) is 0 Å². The van der Waals surface area contributed by atoms with E-state index in [2.05, 4.69) is 34.3 Å². The van der Waals surface area contributed by atoms with Crippen LogP contribution in [0.3, 0.4) is 0 Å². The van der Waals surface area contributed by atoms with Crippen molar-refractivity contribution in [2.24, 2.45) is 0 Å². The van der Waals surface area contributed by atoms with Crippen molar-refractivity contribution in [1.82, 2.24) is 15.1 Å². The Morgan fingerprint density at radius 1 is 1.11 bits per heavy atom. The number of hydrogen-bond donors (Lipinski definition) is 1. The Hall–Kier alpha value is -0.510. The van der Waals surface area contributed by atoms with Gasteiger partial charge in [-0.25, -0.2) is 0 Å². The number of fused-ring (bicyclic) bond motifs is 1. The van der Waals surface area contributed by atoms with E-state index in [1.165, 1.54) is 25.1 Å². The van der Waals surface area contributed by atoms with Gasteiger partial charge in [0, 0.05) is 25.3 Å². The van der Waals surface area contributed by atoms with E-state index in [1.54, 1.807) is 0 Å². The van der Waals surface area contributed by atoms with Crippen molar-refractivity contribution in [3.63, 3.8) is 0 Å². The lowest BCUT2D eigenvalue weighted by molar-refractivity contribution is 0.281. The molecule has 2 aliphatic heterocycles. The van der Waals surface area contributed by atoms with Crippen LogP contribution in [0.25, 0.3) is 0 Å². The summed E-state index contributed by atoms with van der Waals surface area (Å²) in [6.45, 7) is 5.44. The number of nitrogens with one attached hydrogen (secondary N) is 1. The zero-order chi connectivity index (χ0) is 12.8. The third-order valence-corrected chi connectivity index (χ3v) is 4.01. The summed E-state index contributed by atoms with van der Waals surface area (Å²) in [4.78, 5) is 4.67. The van der Waals surface area contributed by atoms with Crippen LogP contribution in [0.15, 0.2) is 23.0 Å². The van der Waals surface area contributed by atoms with E-state index in [0.29, 0.717) is 0 Å². The van der Waals surface area contributed by atoms with Gasteiger partial charge in [0.2, 0.25) is 0 Å². The smallest absolute Gasteiger partial charge is 0.105 e. The van der Waals surface area contributed by atoms with Crippen molar-refractivity contribution in [2.75, 3.05) is 39.8 Å². The molecule has 2 rings (SSSR count). The van der Waals surface area contributed by atoms with Crippen molar-refractivity contribution in [3.05, 3.63) is 23.0 Å². The fourth-order valence-electron chi connectivity index (χ4n) is 2.49. The lowest BCUT2D eigenvalue weighted by Crippen LogP contribution is -2.34. The van der Waals surface area contributed by atoms with Crippen LogP contribution in [0, 0.1) is 0 Å². The predicted octanol–water partition coefficient (Wildman–Crippen LogP) is 2.36. The van der Waals surface area contributed by atoms with Gasteiger partial charge >= 0.3 is 0 Å². The Labute approximate surface area is 115 Å². The molecule has 18 heavy (non-hydrogen) atoms. The second-order valence-corrected chi connectivity index (χ2v) is 5.51. The van der Waals surface area contributed by atoms with E-state index in [9.17, 15) is 0 Å². The number of allylic oxidation sites excluding steroid dienone is 2. The summed E-state index contributed by atoms with van der Waals surface area (Å²) in [5.41, 5.74) is 1.38. The van der Waals surface area contributed by atoms with Crippen LogP contribution >= 0.6 is 11.6 Å². The third-order valence-electron chi connectivity index (χ3n) is 3.65. The second-order valence-electron chi connectivity index (χ2n) is 5.12. The average Bonchev–Trinajstić information content (AvgIpc) is 2.35. The molecule has 0 amide bonds. The summed E-state index contributed by atoms with van der Waals surface area (Å²) in [7, 11) is 2.20. The molecule has 3 nitrogen and oxygen atoms in total. The molecular formula is C14H24ClN3. The maximum absolute atomic E-state index is 6.34. The van der Waals surface area contributed by atoms with Gasteiger partial charge in [0.25, 0.3) is 0 Å². The summed E-state index contributed by atoms with van der Waals surface area (Å²) in [6.07, 6.45) is 9.00. The van der Waals surface area contributed by atoms with Crippen LogP contribution in [0.4, 0.5) is 0 Å². The highest BCUT2D eigenvalue weighted by Crippen LogP contribution is 2.24. The minimum absolute atomic E-state index is 0.901. The van der Waals surface area contributed by atoms with E-state index < -0.39 is 0 Å². The van der Waals surface area contributed by atoms with E-state index in [-0.39, 0.29) is 0 Å². The average molecular weight is 270 g/mol. The Morgan fingerprint density at radius 3 is 2.89 bits per heavy atom. The van der Waals surface area contributed by atoms with Crippen molar-refractivity contribution in [3.8, 4) is 0 Å². The van der Waals surface area contributed by atoms with E-state index in [4.69, 9.17) is 11.6 Å². The van der Waals surface area contributed by atoms with Crippen LogP contribution in [0.1, 0.15) is 25.7 Å². The molecule has 2 aliphatic rings. The number of likely N-dealkylation sites (N-methyl/N-ethyl adjacent to an activating group) is 1. The highest BCUT2D eigenvalue weighted by Gasteiger charge is 2.16. The van der Waals surface area contributed by atoms with Gasteiger partial charge in [0.1, 0.15) is 5.16 Å². The molecule has 102 valence electrons. The zero-order valence-corrected chi connectivity index (χ0v) is 12.0. The first kappa shape index (κ1) is 13.9. The predicted molar refractivity (Wildman–Crippen MR) is 77.6 cm³/mol. The molecule has 0 aliphatic carbocycles. The Bertz CT molecular complexity index is 325. The quantitative estimate of drug-likeness (QED) is 0.681. The molecule has 0 unspecified atom stereocenters. The number of rotatable bonds is 0. The summed E-state index contributed by atoms with van der Waals surface area (Å²) in [5, 5.41) is 4.42. The van der Waals surface area contributed by atoms with Gasteiger partial charge in [-0.3, -0.25) is 0 Å². The molecule has 0 bridgehead atoms. The van der Waals surface area contributed by atoms with E-state index in [0.717, 1.165) is 44.2 Å². The summed E-state index contributed by atoms with van der Waals surface area (Å²) in [5.74, 6) is 0. The molecule has 0 aromatic heterocycles. The first-order valence-electron chi connectivity index (χ1n) is 6.99. The second kappa shape index (κ2) is 7.17. The maximum Gasteiger partial charge on any atom is 0.105 e. The van der Waals surface area contributed by atoms with Crippen molar-refractivity contribution in [1.29, 1.82) is 0 Å². The van der Waals surface area contributed by atoms with Crippen molar-refractivity contribution in [2.45, 2.75) is 25.7 Å². The Balaban J connectivity index is 1.99. The molecule has 0 spiro atoms. The first-order valence-corrected chi connectivity index (χ1v) is 7.36. The van der Waals surface area contributed by atoms with Crippen LogP contribution < -0.4 is 5.32 Å². The van der Waals surface area contributed by atoms with Gasteiger partial charge in [-0.15, -0.1) is 0 Å². The highest BCUT2D eigenvalue weighted by molar-refractivity contribution is 6.29. The molecule has 0 atom stereocenters. The van der Waals surface area contributed by atoms with Gasteiger partial charge < -0.3 is 15.1 Å². The van der Waals surface area contributed by atoms with Crippen molar-refractivity contribution < 1.29 is 0 Å². The van der Waals surface area contributed by atoms with Gasteiger partial charge in [-0.1, -0.05) is 17.7 Å². The molecule has 4 heteroatoms. The highest BCUT2D eigenvalue weighted by atomic mass is 35.5. The van der Waals surface area contributed by atoms with Crippen LogP contribution in [-0.4, -0.2) is 49.6 Å². The molecule has 0 radical (unpaired) electrons. The van der Waals surface area contributed by atoms with Crippen LogP contribution in [-0.2, 0) is 0 Å². The molecule has 1 N–H and O–H groups in total. The molecule has 1 saturated heterocycles. The van der Waals surface area contributed by atoms with E-state index >= 15 is 0 Å². The van der Waals surface area contributed by atoms with E-state index in [1.807, 2.05) is 0 Å². The Kier molecular flexibility index (Phi) is 5.54. The molecule has 0 aromatic carbocycles. The van der Waals surface area contributed by atoms with Gasteiger partial charge in [0.05, 0.1) is 0 Å². The standard InChI is InChI=1S/C14H24ClN3/c1-17-10-3-2-8-16-9-7-13-5-4-6-14(15)18(13)12-11-17/h5-6,16H,2-4,7-12H2,1H3. The fourth-order valence-corrected chi connectivity index (χ4v) is 2.78. The molecule has 1 fully saturated rings. The van der Waals surface area contributed by atoms with Gasteiger partial charge in [0.15, 0.2) is 0 Å². The normalized spacial score (nSPS) is 24.4. The number of halogens is 1. The molecule has 0 saturated carbocycles. The van der Waals surface area contributed by atoms with Crippen LogP contribution in [0.5, 0.6) is 0 Å². The minimum Gasteiger partial charge on any atom is -0.335 e. The number of nitrogens with zero attached hydrogens (tertiary/aromatic N) is 2.